The molecule has 0 spiro atoms. The largest absolute Gasteiger partial charge is 0.736 e. The molecule has 13 nitrogen and oxygen atoms in total. The Kier molecular flexibility index (Phi) is 6.86. The summed E-state index contributed by atoms with van der Waals surface area (Å²) >= 11 is 0. The Morgan fingerprint density at radius 2 is 1.31 bits per heavy atom. The minimum Gasteiger partial charge on any atom is -0.310 e. The molecule has 8 N–H and O–H groups in total. The summed E-state index contributed by atoms with van der Waals surface area (Å²) in [6, 6.07) is 0. The van der Waals surface area contributed by atoms with Gasteiger partial charge < -0.3 is 9.79 Å². The van der Waals surface area contributed by atoms with Crippen molar-refractivity contribution in [3.8, 4) is 0 Å². The Bertz CT molecular complexity index is 297. The monoisotopic (exact) mass is 301 g/mol. The summed E-state index contributed by atoms with van der Waals surface area (Å²) < 4.78 is 46.5. The van der Waals surface area contributed by atoms with E-state index < -0.39 is 23.7 Å². The Balaban J connectivity index is 3.94. The molecule has 0 saturated heterocycles. The van der Waals surface area contributed by atoms with Crippen molar-refractivity contribution in [2.45, 2.75) is 0 Å². The van der Waals surface area contributed by atoms with Crippen LogP contribution in [0.25, 0.3) is 0 Å². The van der Waals surface area contributed by atoms with Crippen LogP contribution in [0.2, 0.25) is 0 Å². The van der Waals surface area contributed by atoms with Gasteiger partial charge in [-0.2, -0.15) is 0 Å². The van der Waals surface area contributed by atoms with E-state index in [4.69, 9.17) is 9.79 Å². The molecule has 0 radical (unpaired) electrons. The second-order valence-corrected chi connectivity index (χ2v) is 5.52. The third-order valence-corrected chi connectivity index (χ3v) is 2.73. The van der Waals surface area contributed by atoms with Crippen molar-refractivity contribution in [3.05, 3.63) is 0 Å². The fourth-order valence-electron chi connectivity index (χ4n) is 0.232. The first-order valence-corrected chi connectivity index (χ1v) is 7.26. The van der Waals surface area contributed by atoms with Gasteiger partial charge in [0.15, 0.2) is 0 Å². The average Bonchev–Trinajstić information content (AvgIpc) is 2.24. The molecule has 96 valence electrons. The van der Waals surface area contributed by atoms with Crippen LogP contribution in [0.4, 0.5) is 0 Å². The van der Waals surface area contributed by atoms with Crippen LogP contribution in [0.15, 0.2) is 0 Å². The molecule has 0 rings (SSSR count). The van der Waals surface area contributed by atoms with Crippen LogP contribution in [0.5, 0.6) is 0 Å². The quantitative estimate of drug-likeness (QED) is 0.227. The molecule has 0 amide bonds. The molecule has 0 aliphatic heterocycles. The van der Waals surface area contributed by atoms with Crippen molar-refractivity contribution in [3.63, 3.8) is 0 Å². The highest BCUT2D eigenvalue weighted by atomic mass is 31.2. The van der Waals surface area contributed by atoms with Crippen LogP contribution in [-0.4, -0.2) is 9.79 Å². The Morgan fingerprint density at radius 3 is 1.56 bits per heavy atom. The fraction of sp³-hybridized carbons (Fsp3) is 0. The van der Waals surface area contributed by atoms with Gasteiger partial charge in [0.2, 0.25) is 0 Å². The molecule has 16 heteroatoms. The maximum absolute atomic E-state index is 10.7. The summed E-state index contributed by atoms with van der Waals surface area (Å²) in [5.41, 5.74) is 0. The summed E-state index contributed by atoms with van der Waals surface area (Å²) in [5.74, 6) is 8.66. The smallest absolute Gasteiger partial charge is 0.310 e. The van der Waals surface area contributed by atoms with Crippen molar-refractivity contribution >= 4 is 23.7 Å². The third-order valence-electron chi connectivity index (χ3n) is 0.747. The van der Waals surface area contributed by atoms with E-state index in [9.17, 15) is 13.7 Å². The standard InChI is InChI=1S/H7N4O9P3/c1-10-15(6,7)3-12-14(5)13-4-16(8,9)11-2/h1-2H2,(H3-,3,4,6,7,8,9)/p+1. The molecule has 2 unspecified atom stereocenters. The molecule has 16 heavy (non-hydrogen) atoms. The second kappa shape index (κ2) is 6.79. The van der Waals surface area contributed by atoms with Crippen molar-refractivity contribution in [1.82, 2.24) is 10.5 Å². The molecule has 0 aliphatic rings. The van der Waals surface area contributed by atoms with E-state index in [2.05, 4.69) is 30.3 Å². The zero-order valence-corrected chi connectivity index (χ0v) is 9.93. The minimum atomic E-state index is -4.47. The molecule has 0 aromatic carbocycles. The molecule has 0 bridgehead atoms. The fourth-order valence-corrected chi connectivity index (χ4v) is 1.71. The molecule has 0 aromatic heterocycles. The van der Waals surface area contributed by atoms with Gasteiger partial charge >= 0.3 is 23.7 Å². The zero-order valence-electron chi connectivity index (χ0n) is 7.25. The lowest BCUT2D eigenvalue weighted by atomic mass is 13.5. The predicted octanol–water partition coefficient (Wildman–Crippen LogP) is -1.33. The highest BCUT2D eigenvalue weighted by molar-refractivity contribution is 7.51. The summed E-state index contributed by atoms with van der Waals surface area (Å²) in [6.07, 6.45) is 0. The summed E-state index contributed by atoms with van der Waals surface area (Å²) in [4.78, 5) is 17.1. The summed E-state index contributed by atoms with van der Waals surface area (Å²) in [7, 11) is -12.1. The van der Waals surface area contributed by atoms with Gasteiger partial charge in [0.25, 0.3) is 0 Å². The first-order chi connectivity index (χ1) is 7.22. The van der Waals surface area contributed by atoms with Gasteiger partial charge in [-0.05, 0) is 19.8 Å². The van der Waals surface area contributed by atoms with Crippen LogP contribution in [0.3, 0.4) is 0 Å². The first-order valence-electron chi connectivity index (χ1n) is 3.00. The summed E-state index contributed by atoms with van der Waals surface area (Å²) in [6.45, 7) is 0. The maximum Gasteiger partial charge on any atom is 0.736 e. The van der Waals surface area contributed by atoms with Crippen LogP contribution >= 0.6 is 23.7 Å². The molecule has 0 saturated carbocycles. The van der Waals surface area contributed by atoms with E-state index in [1.807, 2.05) is 0 Å². The van der Waals surface area contributed by atoms with Gasteiger partial charge in [0, 0.05) is 4.57 Å². The van der Waals surface area contributed by atoms with Crippen molar-refractivity contribution in [1.29, 1.82) is 0 Å². The van der Waals surface area contributed by atoms with Gasteiger partial charge in [-0.1, -0.05) is 0 Å². The van der Waals surface area contributed by atoms with E-state index in [0.717, 1.165) is 0 Å². The van der Waals surface area contributed by atoms with E-state index in [1.165, 1.54) is 10.5 Å². The lowest BCUT2D eigenvalue weighted by Crippen LogP contribution is -2.15. The Morgan fingerprint density at radius 1 is 1.00 bits per heavy atom. The van der Waals surface area contributed by atoms with E-state index >= 15 is 0 Å². The maximum atomic E-state index is 10.7. The zero-order chi connectivity index (χ0) is 12.8. The van der Waals surface area contributed by atoms with E-state index in [-0.39, 0.29) is 0 Å². The minimum absolute atomic E-state index is 1.23. The molecular weight excluding hydrogens is 293 g/mol. The summed E-state index contributed by atoms with van der Waals surface area (Å²) in [5, 5.41) is 2.47. The first kappa shape index (κ1) is 16.2. The van der Waals surface area contributed by atoms with Crippen LogP contribution in [-0.2, 0) is 32.2 Å². The number of hydrogen-bond acceptors (Lipinski definition) is 9. The molecular formula is H8N4O9P3+. The number of rotatable bonds is 8. The highest BCUT2D eigenvalue weighted by Gasteiger charge is 2.33. The molecule has 0 heterocycles. The second-order valence-electron chi connectivity index (χ2n) is 1.84. The lowest BCUT2D eigenvalue weighted by Gasteiger charge is -2.04. The Hall–Kier alpha value is 0.160. The number of nitrogens with one attached hydrogen (secondary N) is 2. The van der Waals surface area contributed by atoms with Crippen molar-refractivity contribution in [2.24, 2.45) is 11.8 Å². The van der Waals surface area contributed by atoms with Crippen molar-refractivity contribution < 1.29 is 42.0 Å². The lowest BCUT2D eigenvalue weighted by molar-refractivity contribution is 0.131. The average molecular weight is 301 g/mol. The third kappa shape index (κ3) is 7.44. The number of nitrogens with two attached hydrogens (primary N) is 2. The van der Waals surface area contributed by atoms with Gasteiger partial charge in [0.05, 0.1) is 0 Å². The topological polar surface area (TPSA) is 205 Å². The predicted molar refractivity (Wildman–Crippen MR) is 46.2 cm³/mol. The SMILES string of the molecule is NOP(=O)(O)NO[P+](=O)ONP(=O)(O)ON. The normalized spacial score (nSPS) is 19.9. The van der Waals surface area contributed by atoms with Gasteiger partial charge in [-0.3, -0.25) is 0 Å². The Labute approximate surface area is 88.9 Å². The molecule has 2 atom stereocenters. The molecule has 0 aromatic rings. The number of hydrogen-bond donors (Lipinski definition) is 6. The van der Waals surface area contributed by atoms with Gasteiger partial charge in [-0.15, -0.1) is 0 Å². The van der Waals surface area contributed by atoms with Crippen LogP contribution in [0.1, 0.15) is 0 Å². The van der Waals surface area contributed by atoms with Crippen molar-refractivity contribution in [2.75, 3.05) is 0 Å². The van der Waals surface area contributed by atoms with E-state index in [0.29, 0.717) is 0 Å². The van der Waals surface area contributed by atoms with Gasteiger partial charge in [-0.25, -0.2) is 30.2 Å². The highest BCUT2D eigenvalue weighted by Crippen LogP contribution is 2.40. The van der Waals surface area contributed by atoms with Gasteiger partial charge in [0.1, 0.15) is 0 Å². The van der Waals surface area contributed by atoms with Crippen LogP contribution < -0.4 is 22.3 Å². The molecule has 0 fully saturated rings. The van der Waals surface area contributed by atoms with E-state index in [1.54, 1.807) is 0 Å². The molecule has 0 aliphatic carbocycles. The van der Waals surface area contributed by atoms with Crippen LogP contribution in [0, 0.1) is 0 Å².